The molecule has 1 N–H and O–H groups in total. The van der Waals surface area contributed by atoms with Gasteiger partial charge in [-0.2, -0.15) is 4.31 Å². The number of fused-ring (bicyclic) bond motifs is 3. The highest BCUT2D eigenvalue weighted by Gasteiger charge is 2.29. The Morgan fingerprint density at radius 2 is 1.79 bits per heavy atom. The summed E-state index contributed by atoms with van der Waals surface area (Å²) >= 11 is 0. The van der Waals surface area contributed by atoms with Crippen LogP contribution >= 0.6 is 0 Å². The van der Waals surface area contributed by atoms with Crippen molar-refractivity contribution >= 4 is 43.5 Å². The topological polar surface area (TPSA) is 123 Å². The van der Waals surface area contributed by atoms with E-state index in [1.165, 1.54) is 19.2 Å². The molecule has 0 bridgehead atoms. The van der Waals surface area contributed by atoms with Gasteiger partial charge in [0.15, 0.2) is 0 Å². The molecule has 0 unspecified atom stereocenters. The number of H-pyrrole nitrogens is 1. The van der Waals surface area contributed by atoms with Crippen molar-refractivity contribution in [2.45, 2.75) is 25.3 Å². The van der Waals surface area contributed by atoms with Gasteiger partial charge in [-0.3, -0.25) is 14.9 Å². The lowest BCUT2D eigenvalue weighted by Gasteiger charge is -2.23. The Labute approximate surface area is 196 Å². The average Bonchev–Trinajstić information content (AvgIpc) is 3.22. The second kappa shape index (κ2) is 8.88. The molecule has 0 aliphatic rings. The van der Waals surface area contributed by atoms with Crippen LogP contribution in [-0.4, -0.2) is 42.3 Å². The number of esters is 1. The number of hydrogen-bond donors (Lipinski definition) is 1. The standard InChI is InChI=1S/C24H23N3O6S/c1-15-12-17(16(2)23-20-6-4-5-7-21(20)25-24(15)23)13-26(14-22(28)33-3)34(31,32)19-10-8-18(9-11-19)27(29)30/h4-12,25H,13-14H2,1-3H3. The zero-order chi connectivity index (χ0) is 24.6. The maximum absolute atomic E-state index is 13.4. The minimum atomic E-state index is -4.16. The van der Waals surface area contributed by atoms with Crippen molar-refractivity contribution < 1.29 is 22.9 Å². The summed E-state index contributed by atoms with van der Waals surface area (Å²) in [5.74, 6) is -0.715. The van der Waals surface area contributed by atoms with Crippen LogP contribution in [0.5, 0.6) is 0 Å². The highest BCUT2D eigenvalue weighted by atomic mass is 32.2. The smallest absolute Gasteiger partial charge is 0.321 e. The Bertz CT molecular complexity index is 1520. The fourth-order valence-corrected chi connectivity index (χ4v) is 5.47. The Hall–Kier alpha value is -3.76. The van der Waals surface area contributed by atoms with Gasteiger partial charge in [0.25, 0.3) is 5.69 Å². The van der Waals surface area contributed by atoms with E-state index < -0.39 is 27.5 Å². The molecule has 4 aromatic rings. The summed E-state index contributed by atoms with van der Waals surface area (Å²) in [6, 6.07) is 14.4. The van der Waals surface area contributed by atoms with Gasteiger partial charge >= 0.3 is 5.97 Å². The molecule has 10 heteroatoms. The van der Waals surface area contributed by atoms with Crippen LogP contribution < -0.4 is 0 Å². The first-order valence-electron chi connectivity index (χ1n) is 10.4. The number of ether oxygens (including phenoxy) is 1. The first-order valence-corrected chi connectivity index (χ1v) is 11.9. The summed E-state index contributed by atoms with van der Waals surface area (Å²) in [6.45, 7) is 3.29. The first-order chi connectivity index (χ1) is 16.1. The molecule has 0 saturated carbocycles. The van der Waals surface area contributed by atoms with Gasteiger partial charge in [0.2, 0.25) is 10.0 Å². The number of nitro groups is 1. The van der Waals surface area contributed by atoms with E-state index in [2.05, 4.69) is 4.98 Å². The van der Waals surface area contributed by atoms with E-state index in [1.54, 1.807) is 0 Å². The number of methoxy groups -OCH3 is 1. The molecule has 1 heterocycles. The van der Waals surface area contributed by atoms with E-state index in [4.69, 9.17) is 4.74 Å². The predicted molar refractivity (Wildman–Crippen MR) is 128 cm³/mol. The molecule has 3 aromatic carbocycles. The number of benzene rings is 3. The second-order valence-corrected chi connectivity index (χ2v) is 9.94. The molecule has 0 aliphatic heterocycles. The summed E-state index contributed by atoms with van der Waals surface area (Å²) in [4.78, 5) is 25.7. The largest absolute Gasteiger partial charge is 0.468 e. The minimum absolute atomic E-state index is 0.0729. The summed E-state index contributed by atoms with van der Waals surface area (Å²) < 4.78 is 32.6. The van der Waals surface area contributed by atoms with Gasteiger partial charge < -0.3 is 9.72 Å². The molecule has 176 valence electrons. The van der Waals surface area contributed by atoms with Crippen molar-refractivity contribution in [1.82, 2.24) is 9.29 Å². The number of para-hydroxylation sites is 1. The van der Waals surface area contributed by atoms with Gasteiger partial charge in [-0.05, 0) is 48.7 Å². The summed E-state index contributed by atoms with van der Waals surface area (Å²) in [5.41, 5.74) is 4.30. The number of carbonyl (C=O) groups is 1. The molecule has 9 nitrogen and oxygen atoms in total. The number of nitrogens with one attached hydrogen (secondary N) is 1. The van der Waals surface area contributed by atoms with Gasteiger partial charge in [-0.25, -0.2) is 8.42 Å². The highest BCUT2D eigenvalue weighted by Crippen LogP contribution is 2.33. The number of nitrogens with zero attached hydrogens (tertiary/aromatic N) is 2. The van der Waals surface area contributed by atoms with E-state index in [-0.39, 0.29) is 17.1 Å². The third-order valence-electron chi connectivity index (χ3n) is 5.91. The van der Waals surface area contributed by atoms with Crippen molar-refractivity contribution in [1.29, 1.82) is 0 Å². The van der Waals surface area contributed by atoms with Gasteiger partial charge in [-0.15, -0.1) is 0 Å². The fourth-order valence-electron chi connectivity index (χ4n) is 4.11. The van der Waals surface area contributed by atoms with Gasteiger partial charge in [0.05, 0.1) is 16.9 Å². The van der Waals surface area contributed by atoms with Crippen LogP contribution in [0.25, 0.3) is 21.8 Å². The van der Waals surface area contributed by atoms with Crippen LogP contribution in [0.15, 0.2) is 59.5 Å². The van der Waals surface area contributed by atoms with Gasteiger partial charge in [0.1, 0.15) is 6.54 Å². The quantitative estimate of drug-likeness (QED) is 0.240. The molecule has 0 aliphatic carbocycles. The number of aryl methyl sites for hydroxylation is 2. The summed E-state index contributed by atoms with van der Waals surface area (Å²) in [5, 5.41) is 13.0. The van der Waals surface area contributed by atoms with Crippen LogP contribution in [0.1, 0.15) is 16.7 Å². The lowest BCUT2D eigenvalue weighted by Crippen LogP contribution is -2.36. The van der Waals surface area contributed by atoms with Crippen LogP contribution in [-0.2, 0) is 26.1 Å². The molecule has 0 saturated heterocycles. The summed E-state index contributed by atoms with van der Waals surface area (Å²) in [6.07, 6.45) is 0. The Morgan fingerprint density at radius 3 is 2.44 bits per heavy atom. The van der Waals surface area contributed by atoms with Crippen molar-refractivity contribution in [3.05, 3.63) is 81.4 Å². The maximum atomic E-state index is 13.4. The molecule has 0 amide bonds. The minimum Gasteiger partial charge on any atom is -0.468 e. The molecule has 4 rings (SSSR count). The second-order valence-electron chi connectivity index (χ2n) is 8.00. The number of aromatic nitrogens is 1. The van der Waals surface area contributed by atoms with E-state index in [1.807, 2.05) is 44.2 Å². The zero-order valence-corrected chi connectivity index (χ0v) is 19.7. The average molecular weight is 482 g/mol. The van der Waals surface area contributed by atoms with E-state index in [0.29, 0.717) is 0 Å². The first kappa shape index (κ1) is 23.4. The third kappa shape index (κ3) is 4.13. The monoisotopic (exact) mass is 481 g/mol. The number of non-ortho nitro benzene ring substituents is 1. The number of sulfonamides is 1. The van der Waals surface area contributed by atoms with Crippen LogP contribution in [0, 0.1) is 24.0 Å². The van der Waals surface area contributed by atoms with E-state index in [9.17, 15) is 23.3 Å². The Balaban J connectivity index is 1.81. The number of aromatic amines is 1. The number of carbonyl (C=O) groups excluding carboxylic acids is 1. The number of nitro benzene ring substituents is 1. The van der Waals surface area contributed by atoms with E-state index in [0.717, 1.165) is 54.9 Å². The van der Waals surface area contributed by atoms with E-state index >= 15 is 0 Å². The molecule has 34 heavy (non-hydrogen) atoms. The van der Waals surface area contributed by atoms with Gasteiger partial charge in [-0.1, -0.05) is 24.3 Å². The molecule has 0 fully saturated rings. The number of rotatable bonds is 7. The highest BCUT2D eigenvalue weighted by molar-refractivity contribution is 7.89. The van der Waals surface area contributed by atoms with Crippen molar-refractivity contribution in [2.24, 2.45) is 0 Å². The van der Waals surface area contributed by atoms with Crippen LogP contribution in [0.4, 0.5) is 5.69 Å². The number of hydrogen-bond acceptors (Lipinski definition) is 6. The summed E-state index contributed by atoms with van der Waals surface area (Å²) in [7, 11) is -2.97. The fraction of sp³-hybridized carbons (Fsp3) is 0.208. The van der Waals surface area contributed by atoms with Crippen molar-refractivity contribution in [3.8, 4) is 0 Å². The lowest BCUT2D eigenvalue weighted by atomic mass is 9.98. The predicted octanol–water partition coefficient (Wildman–Crippen LogP) is 4.21. The van der Waals surface area contributed by atoms with Crippen LogP contribution in [0.3, 0.4) is 0 Å². The Morgan fingerprint density at radius 1 is 1.12 bits per heavy atom. The molecular weight excluding hydrogens is 458 g/mol. The maximum Gasteiger partial charge on any atom is 0.321 e. The molecular formula is C24H23N3O6S. The van der Waals surface area contributed by atoms with Gasteiger partial charge in [0, 0.05) is 40.5 Å². The Kier molecular flexibility index (Phi) is 6.11. The normalized spacial score (nSPS) is 11.9. The SMILES string of the molecule is COC(=O)CN(Cc1cc(C)c2[nH]c3ccccc3c2c1C)S(=O)(=O)c1ccc([N+](=O)[O-])cc1. The molecule has 0 radical (unpaired) electrons. The lowest BCUT2D eigenvalue weighted by molar-refractivity contribution is -0.384. The van der Waals surface area contributed by atoms with Crippen molar-refractivity contribution in [2.75, 3.05) is 13.7 Å². The third-order valence-corrected chi connectivity index (χ3v) is 7.72. The molecule has 0 spiro atoms. The zero-order valence-electron chi connectivity index (χ0n) is 18.9. The molecule has 0 atom stereocenters. The molecule has 1 aromatic heterocycles. The van der Waals surface area contributed by atoms with Crippen LogP contribution in [0.2, 0.25) is 0 Å². The van der Waals surface area contributed by atoms with Crippen molar-refractivity contribution in [3.63, 3.8) is 0 Å².